The van der Waals surface area contributed by atoms with Gasteiger partial charge in [0.1, 0.15) is 6.34 Å². The Balaban J connectivity index is 3.09. The highest BCUT2D eigenvalue weighted by Crippen LogP contribution is 1.99. The summed E-state index contributed by atoms with van der Waals surface area (Å²) in [6.07, 6.45) is 3.28. The molecule has 0 N–H and O–H groups in total. The van der Waals surface area contributed by atoms with E-state index in [-0.39, 0.29) is 0 Å². The first-order valence-electron chi connectivity index (χ1n) is 2.08. The van der Waals surface area contributed by atoms with Crippen LogP contribution < -0.4 is 0 Å². The minimum atomic E-state index is 0.623. The molecule has 0 rings (SSSR count). The highest BCUT2D eigenvalue weighted by Gasteiger charge is 1.57. The smallest absolute Gasteiger partial charge is 0.113 e. The van der Waals surface area contributed by atoms with Gasteiger partial charge >= 0.3 is 0 Å². The van der Waals surface area contributed by atoms with Gasteiger partial charge in [-0.15, -0.1) is 0 Å². The largest absolute Gasteiger partial charge is 0.253 e. The molecule has 40 valence electrons. The van der Waals surface area contributed by atoms with E-state index in [1.807, 2.05) is 13.6 Å². The van der Waals surface area contributed by atoms with Crippen LogP contribution >= 0.6 is 8.73 Å². The maximum atomic E-state index is 3.87. The summed E-state index contributed by atoms with van der Waals surface area (Å²) in [6.45, 7) is 3.87. The van der Waals surface area contributed by atoms with Crippen LogP contribution in [0.15, 0.2) is 9.76 Å². The van der Waals surface area contributed by atoms with Crippen molar-refractivity contribution < 1.29 is 0 Å². The summed E-state index contributed by atoms with van der Waals surface area (Å²) < 4.78 is 3.87. The lowest BCUT2D eigenvalue weighted by molar-refractivity contribution is 1.73. The molecular formula is C4H9N2P. The lowest BCUT2D eigenvalue weighted by Crippen LogP contribution is -1.60. The normalized spacial score (nSPS) is 13.4. The molecule has 0 aromatic carbocycles. The Kier molecular flexibility index (Phi) is 5.58. The molecular weight excluding hydrogens is 107 g/mol. The van der Waals surface area contributed by atoms with Crippen molar-refractivity contribution >= 4 is 21.3 Å². The topological polar surface area (TPSA) is 24.7 Å². The van der Waals surface area contributed by atoms with Crippen LogP contribution in [0.1, 0.15) is 6.92 Å². The number of rotatable bonds is 2. The zero-order valence-electron chi connectivity index (χ0n) is 4.55. The second-order valence-corrected chi connectivity index (χ2v) is 1.58. The fourth-order valence-electron chi connectivity index (χ4n) is 0.158. The van der Waals surface area contributed by atoms with Crippen molar-refractivity contribution in [2.45, 2.75) is 6.92 Å². The van der Waals surface area contributed by atoms with Gasteiger partial charge in [0, 0.05) is 6.21 Å². The monoisotopic (exact) mass is 116 g/mol. The second-order valence-electron chi connectivity index (χ2n) is 0.875. The van der Waals surface area contributed by atoms with Crippen LogP contribution in [0.2, 0.25) is 0 Å². The number of hydrogen-bond donors (Lipinski definition) is 0. The van der Waals surface area contributed by atoms with Gasteiger partial charge in [-0.1, -0.05) is 0 Å². The van der Waals surface area contributed by atoms with Crippen molar-refractivity contribution in [2.24, 2.45) is 9.76 Å². The Bertz CT molecular complexity index is 77.8. The summed E-state index contributed by atoms with van der Waals surface area (Å²) >= 11 is 0. The van der Waals surface area contributed by atoms with Crippen molar-refractivity contribution in [3.63, 3.8) is 0 Å². The number of hydrogen-bond acceptors (Lipinski definition) is 1. The van der Waals surface area contributed by atoms with Gasteiger partial charge < -0.3 is 0 Å². The SMILES string of the molecule is C/C=N\C=N/PC. The molecule has 1 atom stereocenters. The Morgan fingerprint density at radius 1 is 1.57 bits per heavy atom. The van der Waals surface area contributed by atoms with Gasteiger partial charge in [0.05, 0.1) is 0 Å². The maximum Gasteiger partial charge on any atom is 0.113 e. The Morgan fingerprint density at radius 3 is 2.71 bits per heavy atom. The summed E-state index contributed by atoms with van der Waals surface area (Å²) in [7, 11) is 0.623. The van der Waals surface area contributed by atoms with Crippen LogP contribution in [0.4, 0.5) is 0 Å². The van der Waals surface area contributed by atoms with Crippen molar-refractivity contribution in [1.29, 1.82) is 0 Å². The van der Waals surface area contributed by atoms with Gasteiger partial charge in [0.25, 0.3) is 0 Å². The van der Waals surface area contributed by atoms with Crippen molar-refractivity contribution in [2.75, 3.05) is 6.66 Å². The molecule has 0 spiro atoms. The molecule has 0 aromatic rings. The summed E-state index contributed by atoms with van der Waals surface area (Å²) in [4.78, 5) is 3.75. The number of aliphatic imine (C=N–C) groups is 1. The van der Waals surface area contributed by atoms with E-state index in [1.54, 1.807) is 12.6 Å². The first-order valence-corrected chi connectivity index (χ1v) is 3.52. The van der Waals surface area contributed by atoms with Gasteiger partial charge in [-0.3, -0.25) is 4.76 Å². The molecule has 0 aliphatic rings. The molecule has 0 radical (unpaired) electrons. The van der Waals surface area contributed by atoms with Crippen LogP contribution in [0.5, 0.6) is 0 Å². The fourth-order valence-corrected chi connectivity index (χ4v) is 0.340. The van der Waals surface area contributed by atoms with Crippen LogP contribution in [-0.2, 0) is 0 Å². The summed E-state index contributed by atoms with van der Waals surface area (Å²) in [5.74, 6) is 0. The molecule has 0 fully saturated rings. The van der Waals surface area contributed by atoms with Crippen LogP contribution in [-0.4, -0.2) is 19.2 Å². The van der Waals surface area contributed by atoms with Crippen LogP contribution in [0.25, 0.3) is 0 Å². The Morgan fingerprint density at radius 2 is 2.29 bits per heavy atom. The van der Waals surface area contributed by atoms with E-state index < -0.39 is 0 Å². The van der Waals surface area contributed by atoms with Crippen LogP contribution in [0.3, 0.4) is 0 Å². The standard InChI is InChI=1S/C4H9N2P/c1-3-5-4-6-7-2/h3-4,7H,1-2H3/b5-3-,6-4-. The minimum absolute atomic E-state index is 0.623. The molecule has 7 heavy (non-hydrogen) atoms. The lowest BCUT2D eigenvalue weighted by Gasteiger charge is -1.72. The van der Waals surface area contributed by atoms with E-state index in [0.29, 0.717) is 8.73 Å². The second kappa shape index (κ2) is 5.77. The highest BCUT2D eigenvalue weighted by atomic mass is 31.1. The van der Waals surface area contributed by atoms with E-state index >= 15 is 0 Å². The first kappa shape index (κ1) is 6.77. The molecule has 0 aromatic heterocycles. The summed E-state index contributed by atoms with van der Waals surface area (Å²) in [5.41, 5.74) is 0. The summed E-state index contributed by atoms with van der Waals surface area (Å²) in [6, 6.07) is 0. The molecule has 3 heteroatoms. The zero-order chi connectivity index (χ0) is 5.54. The lowest BCUT2D eigenvalue weighted by atomic mass is 10.9. The van der Waals surface area contributed by atoms with Crippen molar-refractivity contribution in [3.05, 3.63) is 0 Å². The van der Waals surface area contributed by atoms with Gasteiger partial charge in [-0.2, -0.15) is 0 Å². The van der Waals surface area contributed by atoms with E-state index in [9.17, 15) is 0 Å². The van der Waals surface area contributed by atoms with Crippen molar-refractivity contribution in [1.82, 2.24) is 0 Å². The van der Waals surface area contributed by atoms with E-state index in [2.05, 4.69) is 9.76 Å². The predicted molar refractivity (Wildman–Crippen MR) is 36.9 cm³/mol. The summed E-state index contributed by atoms with van der Waals surface area (Å²) in [5, 5.41) is 0. The van der Waals surface area contributed by atoms with Gasteiger partial charge in [-0.25, -0.2) is 4.99 Å². The molecule has 0 bridgehead atoms. The zero-order valence-corrected chi connectivity index (χ0v) is 5.55. The van der Waals surface area contributed by atoms with Crippen molar-refractivity contribution in [3.8, 4) is 0 Å². The highest BCUT2D eigenvalue weighted by molar-refractivity contribution is 7.35. The molecule has 0 saturated heterocycles. The third-order valence-electron chi connectivity index (χ3n) is 0.403. The maximum absolute atomic E-state index is 3.87. The molecule has 2 nitrogen and oxygen atoms in total. The quantitative estimate of drug-likeness (QED) is 0.295. The molecule has 0 saturated carbocycles. The van der Waals surface area contributed by atoms with Gasteiger partial charge in [0.15, 0.2) is 0 Å². The predicted octanol–water partition coefficient (Wildman–Crippen LogP) is 1.33. The Hall–Kier alpha value is -0.230. The van der Waals surface area contributed by atoms with E-state index in [1.165, 1.54) is 0 Å². The van der Waals surface area contributed by atoms with Crippen LogP contribution in [0, 0.1) is 0 Å². The van der Waals surface area contributed by atoms with E-state index in [4.69, 9.17) is 0 Å². The molecule has 0 aliphatic heterocycles. The van der Waals surface area contributed by atoms with E-state index in [0.717, 1.165) is 0 Å². The molecule has 0 amide bonds. The molecule has 0 aliphatic carbocycles. The van der Waals surface area contributed by atoms with Gasteiger partial charge in [0.2, 0.25) is 0 Å². The third-order valence-corrected chi connectivity index (χ3v) is 0.776. The average molecular weight is 116 g/mol. The first-order chi connectivity index (χ1) is 3.41. The molecule has 1 unspecified atom stereocenters. The number of nitrogens with zero attached hydrogens (tertiary/aromatic N) is 2. The minimum Gasteiger partial charge on any atom is -0.253 e. The average Bonchev–Trinajstić information content (AvgIpc) is 1.69. The third kappa shape index (κ3) is 5.77. The fraction of sp³-hybridized carbons (Fsp3) is 0.500. The van der Waals surface area contributed by atoms with Gasteiger partial charge in [-0.05, 0) is 22.3 Å². The molecule has 0 heterocycles. The Labute approximate surface area is 45.6 Å².